The molecule has 1 saturated heterocycles. The van der Waals surface area contributed by atoms with Crippen molar-refractivity contribution in [2.45, 2.75) is 108 Å². The number of Topliss-reactive ketones (excluding diaryl/α,β-unsaturated/α-hetero) is 1. The number of nitrogens with zero attached hydrogens (tertiary/aromatic N) is 1. The number of carbonyl (C=O) groups is 6. The summed E-state index contributed by atoms with van der Waals surface area (Å²) in [7, 11) is -4.50. The first-order valence-electron chi connectivity index (χ1n) is 23.2. The van der Waals surface area contributed by atoms with Crippen LogP contribution in [-0.2, 0) is 65.3 Å². The summed E-state index contributed by atoms with van der Waals surface area (Å²) in [5.41, 5.74) is 0.0213. The zero-order valence-electron chi connectivity index (χ0n) is 40.4. The van der Waals surface area contributed by atoms with Crippen LogP contribution in [0.2, 0.25) is 0 Å². The van der Waals surface area contributed by atoms with E-state index in [-0.39, 0.29) is 54.9 Å². The average molecular weight is 974 g/mol. The molecule has 0 aliphatic carbocycles. The molecule has 4 rings (SSSR count). The van der Waals surface area contributed by atoms with E-state index in [1.54, 1.807) is 63.2 Å². The second kappa shape index (κ2) is 27.2. The monoisotopic (exact) mass is 973 g/mol. The zero-order valence-corrected chi connectivity index (χ0v) is 41.2. The number of aryl methyl sites for hydroxylation is 2. The van der Waals surface area contributed by atoms with Crippen LogP contribution in [0.4, 0.5) is 4.79 Å². The number of nitrogens with one attached hydrogen (secondary N) is 4. The topological polar surface area (TPSA) is 225 Å². The van der Waals surface area contributed by atoms with Gasteiger partial charge in [-0.25, -0.2) is 4.79 Å². The number of amides is 4. The van der Waals surface area contributed by atoms with Gasteiger partial charge in [-0.05, 0) is 74.6 Å². The highest BCUT2D eigenvalue weighted by Gasteiger charge is 2.45. The molecule has 0 saturated carbocycles. The van der Waals surface area contributed by atoms with E-state index < -0.39 is 82.8 Å². The average Bonchev–Trinajstić information content (AvgIpc) is 3.31. The van der Waals surface area contributed by atoms with E-state index in [0.717, 1.165) is 18.1 Å². The van der Waals surface area contributed by atoms with E-state index in [1.807, 2.05) is 49.1 Å². The molecule has 1 aliphatic heterocycles. The molecule has 0 aromatic heterocycles. The molecule has 4 N–H and O–H groups in total. The van der Waals surface area contributed by atoms with Crippen LogP contribution in [-0.4, -0.2) is 125 Å². The highest BCUT2D eigenvalue weighted by Crippen LogP contribution is 2.24. The predicted molar refractivity (Wildman–Crippen MR) is 258 cm³/mol. The molecule has 0 bridgehead atoms. The number of terminal acetylenes is 1. The summed E-state index contributed by atoms with van der Waals surface area (Å²) in [6.07, 6.45) is 4.65. The minimum absolute atomic E-state index is 0.0205. The van der Waals surface area contributed by atoms with Crippen LogP contribution in [0, 0.1) is 31.1 Å². The SMILES string of the molecule is C#CCOC(=O)OC(C)(COS(=O)(=O)c1ccc(C)cc1)C(=O)[C@H](CC(C)C)NC(=O)[C@H](Cc1ccccc1)NC(=O)[C@H](CC(C)C)NC(=O)[C@H](CCc1ccccc1)NC(=O)CN1CCOCC1. The molecule has 3 aromatic carbocycles. The minimum Gasteiger partial charge on any atom is -0.421 e. The van der Waals surface area contributed by atoms with Gasteiger partial charge in [0.25, 0.3) is 10.1 Å². The fraction of sp³-hybridized carbons (Fsp3) is 0.490. The Bertz CT molecular complexity index is 2320. The minimum atomic E-state index is -4.50. The van der Waals surface area contributed by atoms with Crippen molar-refractivity contribution in [1.29, 1.82) is 0 Å². The Kier molecular flexibility index (Phi) is 21.8. The van der Waals surface area contributed by atoms with E-state index in [9.17, 15) is 37.2 Å². The van der Waals surface area contributed by atoms with E-state index in [1.165, 1.54) is 12.1 Å². The molecule has 3 aromatic rings. The normalized spacial score (nSPS) is 15.6. The molecule has 1 heterocycles. The molecule has 0 spiro atoms. The Morgan fingerprint density at radius 1 is 0.739 bits per heavy atom. The third-order valence-electron chi connectivity index (χ3n) is 11.2. The van der Waals surface area contributed by atoms with E-state index in [0.29, 0.717) is 38.3 Å². The van der Waals surface area contributed by atoms with Gasteiger partial charge in [-0.2, -0.15) is 8.42 Å². The maximum Gasteiger partial charge on any atom is 0.510 e. The van der Waals surface area contributed by atoms with Crippen molar-refractivity contribution >= 4 is 45.7 Å². The van der Waals surface area contributed by atoms with E-state index >= 15 is 0 Å². The standard InChI is InChI=1S/C51H67N5O12S/c1-8-27-66-50(62)68-51(7,34-67-69(63,64)40-22-19-37(6)20-23-40)46(58)42(30-35(2)3)53-49(61)44(32-39-17-13-10-14-18-39)55-48(60)43(31-36(4)5)54-47(59)41(24-21-38-15-11-9-12-16-38)52-45(57)33-56-25-28-65-29-26-56/h1,9-20,22-23,35-36,41-44H,21,24-34H2,2-7H3,(H,52,57)(H,53,61)(H,54,59)(H,55,60)/t41-,42-,43-,44-,51?/m0/s1. The van der Waals surface area contributed by atoms with Gasteiger partial charge in [-0.3, -0.25) is 33.1 Å². The van der Waals surface area contributed by atoms with Crippen molar-refractivity contribution in [3.63, 3.8) is 0 Å². The number of morpholine rings is 1. The van der Waals surface area contributed by atoms with Crippen LogP contribution in [0.5, 0.6) is 0 Å². The number of benzene rings is 3. The van der Waals surface area contributed by atoms with Crippen molar-refractivity contribution < 1.29 is 55.6 Å². The molecule has 1 fully saturated rings. The molecular formula is C51H67N5O12S. The maximum atomic E-state index is 14.7. The third kappa shape index (κ3) is 18.7. The number of hydrogen-bond donors (Lipinski definition) is 4. The Morgan fingerprint density at radius 3 is 1.87 bits per heavy atom. The molecule has 17 nitrogen and oxygen atoms in total. The van der Waals surface area contributed by atoms with Crippen molar-refractivity contribution in [1.82, 2.24) is 26.2 Å². The molecule has 4 amide bonds. The van der Waals surface area contributed by atoms with Gasteiger partial charge >= 0.3 is 6.16 Å². The van der Waals surface area contributed by atoms with E-state index in [4.69, 9.17) is 24.8 Å². The predicted octanol–water partition coefficient (Wildman–Crippen LogP) is 4.05. The van der Waals surface area contributed by atoms with Gasteiger partial charge in [0.1, 0.15) is 24.7 Å². The molecule has 5 atom stereocenters. The summed E-state index contributed by atoms with van der Waals surface area (Å²) in [4.78, 5) is 85.8. The van der Waals surface area contributed by atoms with Crippen molar-refractivity contribution in [3.05, 3.63) is 102 Å². The number of ketones is 1. The first-order chi connectivity index (χ1) is 32.8. The second-order valence-corrected chi connectivity index (χ2v) is 19.7. The lowest BCUT2D eigenvalue weighted by molar-refractivity contribution is -0.146. The number of ether oxygens (including phenoxy) is 3. The molecular weight excluding hydrogens is 907 g/mol. The maximum absolute atomic E-state index is 14.7. The van der Waals surface area contributed by atoms with Crippen molar-refractivity contribution in [2.24, 2.45) is 11.8 Å². The zero-order chi connectivity index (χ0) is 50.6. The van der Waals surface area contributed by atoms with Crippen LogP contribution in [0.25, 0.3) is 0 Å². The van der Waals surface area contributed by atoms with Gasteiger partial charge < -0.3 is 35.5 Å². The largest absolute Gasteiger partial charge is 0.510 e. The first-order valence-corrected chi connectivity index (χ1v) is 24.6. The molecule has 1 unspecified atom stereocenters. The van der Waals surface area contributed by atoms with Crippen molar-refractivity contribution in [3.8, 4) is 12.3 Å². The fourth-order valence-corrected chi connectivity index (χ4v) is 8.49. The van der Waals surface area contributed by atoms with Crippen LogP contribution in [0.1, 0.15) is 70.6 Å². The van der Waals surface area contributed by atoms with Crippen LogP contribution in [0.3, 0.4) is 0 Å². The molecule has 1 aliphatic rings. The number of hydrogen-bond acceptors (Lipinski definition) is 13. The summed E-state index contributed by atoms with van der Waals surface area (Å²) in [5, 5.41) is 11.3. The van der Waals surface area contributed by atoms with Gasteiger partial charge in [-0.15, -0.1) is 6.42 Å². The highest BCUT2D eigenvalue weighted by molar-refractivity contribution is 7.86. The van der Waals surface area contributed by atoms with Gasteiger partial charge in [-0.1, -0.05) is 112 Å². The van der Waals surface area contributed by atoms with Crippen molar-refractivity contribution in [2.75, 3.05) is 46.1 Å². The molecule has 374 valence electrons. The summed E-state index contributed by atoms with van der Waals surface area (Å²) in [6.45, 7) is 10.9. The Labute approximate surface area is 406 Å². The van der Waals surface area contributed by atoms with Crippen LogP contribution < -0.4 is 21.3 Å². The summed E-state index contributed by atoms with van der Waals surface area (Å²) >= 11 is 0. The fourth-order valence-electron chi connectivity index (χ4n) is 7.51. The third-order valence-corrected chi connectivity index (χ3v) is 12.5. The van der Waals surface area contributed by atoms with Gasteiger partial charge in [0.05, 0.1) is 30.7 Å². The second-order valence-electron chi connectivity index (χ2n) is 18.1. The smallest absolute Gasteiger partial charge is 0.421 e. The molecule has 69 heavy (non-hydrogen) atoms. The Balaban J connectivity index is 1.62. The lowest BCUT2D eigenvalue weighted by Crippen LogP contribution is -2.60. The van der Waals surface area contributed by atoms with Gasteiger partial charge in [0.2, 0.25) is 29.4 Å². The van der Waals surface area contributed by atoms with Crippen LogP contribution >= 0.6 is 0 Å². The number of carbonyl (C=O) groups excluding carboxylic acids is 6. The summed E-state index contributed by atoms with van der Waals surface area (Å²) in [5.74, 6) is -1.63. The Hall–Kier alpha value is -6.13. The lowest BCUT2D eigenvalue weighted by atomic mass is 9.90. The summed E-state index contributed by atoms with van der Waals surface area (Å²) in [6, 6.07) is 19.1. The van der Waals surface area contributed by atoms with E-state index in [2.05, 4.69) is 27.2 Å². The molecule has 18 heteroatoms. The number of rotatable bonds is 26. The first kappa shape index (κ1) is 55.5. The van der Waals surface area contributed by atoms with Crippen LogP contribution in [0.15, 0.2) is 89.8 Å². The van der Waals surface area contributed by atoms with Gasteiger partial charge in [0, 0.05) is 19.5 Å². The Morgan fingerprint density at radius 2 is 1.28 bits per heavy atom. The van der Waals surface area contributed by atoms with Gasteiger partial charge in [0.15, 0.2) is 12.2 Å². The quantitative estimate of drug-likeness (QED) is 0.0507. The lowest BCUT2D eigenvalue weighted by Gasteiger charge is -2.32. The highest BCUT2D eigenvalue weighted by atomic mass is 32.2. The summed E-state index contributed by atoms with van der Waals surface area (Å²) < 4.78 is 47.7. The molecule has 0 radical (unpaired) electrons.